The van der Waals surface area contributed by atoms with Crippen molar-refractivity contribution in [2.75, 3.05) is 0 Å². The summed E-state index contributed by atoms with van der Waals surface area (Å²) < 4.78 is 5.86. The lowest BCUT2D eigenvalue weighted by Gasteiger charge is -2.00. The normalized spacial score (nSPS) is 11.4. The fraction of sp³-hybridized carbons (Fsp3) is 0.167. The summed E-state index contributed by atoms with van der Waals surface area (Å²) in [6.07, 6.45) is 0. The number of rotatable bonds is 3. The summed E-state index contributed by atoms with van der Waals surface area (Å²) in [7, 11) is 0. The maximum atomic E-state index is 11.9. The lowest BCUT2D eigenvalue weighted by Crippen LogP contribution is -2.44. The third-order valence-corrected chi connectivity index (χ3v) is 2.20. The molecule has 19 heavy (non-hydrogen) atoms. The zero-order valence-corrected chi connectivity index (χ0v) is 10.5. The van der Waals surface area contributed by atoms with Crippen molar-refractivity contribution >= 4 is 11.6 Å². The number of aromatic amines is 1. The van der Waals surface area contributed by atoms with Gasteiger partial charge >= 0.3 is 11.3 Å². The summed E-state index contributed by atoms with van der Waals surface area (Å²) in [5, 5.41) is 21.3. The molecular weight excluding hydrogens is 248 g/mol. The Morgan fingerprint density at radius 2 is 1.95 bits per heavy atom. The van der Waals surface area contributed by atoms with E-state index in [1.165, 1.54) is 4.68 Å². The lowest BCUT2D eigenvalue weighted by molar-refractivity contribution is -0.673. The van der Waals surface area contributed by atoms with Crippen LogP contribution in [0.4, 0.5) is 0 Å². The number of para-hydroxylation sites is 1. The van der Waals surface area contributed by atoms with E-state index in [0.717, 1.165) is 0 Å². The van der Waals surface area contributed by atoms with Crippen LogP contribution < -0.4 is 15.4 Å². The minimum Gasteiger partial charge on any atom is -0.852 e. The highest BCUT2D eigenvalue weighted by molar-refractivity contribution is 5.87. The van der Waals surface area contributed by atoms with Gasteiger partial charge in [-0.15, -0.1) is 0 Å². The molecule has 1 aromatic heterocycles. The molecule has 1 aromatic carbocycles. The Labute approximate surface area is 108 Å². The smallest absolute Gasteiger partial charge is 0.436 e. The number of H-pyrrole nitrogens is 1. The average Bonchev–Trinajstić information content (AvgIpc) is 2.79. The molecule has 0 unspecified atom stereocenters. The molecule has 7 heteroatoms. The second-order valence-corrected chi connectivity index (χ2v) is 3.95. The molecule has 0 saturated heterocycles. The van der Waals surface area contributed by atoms with Gasteiger partial charge in [0, 0.05) is 17.8 Å². The van der Waals surface area contributed by atoms with Crippen molar-refractivity contribution in [2.45, 2.75) is 13.8 Å². The van der Waals surface area contributed by atoms with Gasteiger partial charge in [-0.25, -0.2) is 4.79 Å². The predicted molar refractivity (Wildman–Crippen MR) is 66.2 cm³/mol. The van der Waals surface area contributed by atoms with Gasteiger partial charge in [0.2, 0.25) is 5.69 Å². The summed E-state index contributed by atoms with van der Waals surface area (Å²) >= 11 is 0. The monoisotopic (exact) mass is 260 g/mol. The molecule has 0 aliphatic rings. The number of aromatic nitrogens is 2. The van der Waals surface area contributed by atoms with Crippen molar-refractivity contribution in [2.24, 2.45) is 10.2 Å². The summed E-state index contributed by atoms with van der Waals surface area (Å²) in [6, 6.07) is 8.80. The predicted octanol–water partition coefficient (Wildman–Crippen LogP) is -0.253. The number of hydrogen-bond acceptors (Lipinski definition) is 5. The molecule has 7 nitrogen and oxygen atoms in total. The second kappa shape index (κ2) is 5.30. The molecule has 2 aromatic rings. The van der Waals surface area contributed by atoms with Gasteiger partial charge in [0.05, 0.1) is 5.90 Å². The van der Waals surface area contributed by atoms with E-state index in [1.807, 2.05) is 6.07 Å². The van der Waals surface area contributed by atoms with Crippen LogP contribution in [0.15, 0.2) is 49.9 Å². The van der Waals surface area contributed by atoms with E-state index in [0.29, 0.717) is 11.4 Å². The first-order valence-electron chi connectivity index (χ1n) is 5.55. The van der Waals surface area contributed by atoms with Gasteiger partial charge in [0.1, 0.15) is 0 Å². The molecule has 0 saturated carbocycles. The Hall–Kier alpha value is -2.70. The fourth-order valence-corrected chi connectivity index (χ4v) is 1.41. The molecule has 0 amide bonds. The molecule has 0 aliphatic heterocycles. The molecule has 98 valence electrons. The van der Waals surface area contributed by atoms with Crippen LogP contribution >= 0.6 is 0 Å². The summed E-state index contributed by atoms with van der Waals surface area (Å²) in [5.74, 6) is -0.764. The van der Waals surface area contributed by atoms with Crippen molar-refractivity contribution in [3.8, 4) is 5.69 Å². The van der Waals surface area contributed by atoms with Crippen LogP contribution in [0.2, 0.25) is 0 Å². The van der Waals surface area contributed by atoms with Crippen LogP contribution in [0.1, 0.15) is 19.5 Å². The standard InChI is InChI=1S/C12H12N4O3/c1-8(2)13-14-11(17)10-12(18)19-15-16(10)9-6-4-3-5-7-9/h3-7H,1-2H3,(H-,14,15,17,18). The second-order valence-electron chi connectivity index (χ2n) is 3.95. The topological polar surface area (TPSA) is 97.7 Å². The van der Waals surface area contributed by atoms with Crippen LogP contribution in [-0.4, -0.2) is 16.9 Å². The molecule has 0 radical (unpaired) electrons. The van der Waals surface area contributed by atoms with Gasteiger partial charge in [-0.2, -0.15) is 10.2 Å². The Morgan fingerprint density at radius 1 is 1.26 bits per heavy atom. The van der Waals surface area contributed by atoms with Crippen LogP contribution in [0.25, 0.3) is 5.69 Å². The van der Waals surface area contributed by atoms with E-state index in [1.54, 1.807) is 38.1 Å². The molecule has 1 N–H and O–H groups in total. The number of nitrogens with zero attached hydrogens (tertiary/aromatic N) is 3. The fourth-order valence-electron chi connectivity index (χ4n) is 1.41. The Balaban J connectivity index is 2.53. The zero-order chi connectivity index (χ0) is 13.8. The van der Waals surface area contributed by atoms with Crippen molar-refractivity contribution in [1.82, 2.24) is 5.27 Å². The highest BCUT2D eigenvalue weighted by Gasteiger charge is 2.23. The zero-order valence-electron chi connectivity index (χ0n) is 10.5. The highest BCUT2D eigenvalue weighted by atomic mass is 16.5. The van der Waals surface area contributed by atoms with Gasteiger partial charge in [0.15, 0.2) is 0 Å². The number of benzene rings is 1. The minimum atomic E-state index is -0.790. The summed E-state index contributed by atoms with van der Waals surface area (Å²) in [4.78, 5) is 11.6. The molecule has 0 spiro atoms. The van der Waals surface area contributed by atoms with Crippen molar-refractivity contribution in [3.63, 3.8) is 0 Å². The van der Waals surface area contributed by atoms with E-state index < -0.39 is 11.5 Å². The van der Waals surface area contributed by atoms with Crippen LogP contribution in [-0.2, 0) is 0 Å². The molecule has 1 heterocycles. The summed E-state index contributed by atoms with van der Waals surface area (Å²) in [5.41, 5.74) is 0.182. The van der Waals surface area contributed by atoms with E-state index in [9.17, 15) is 9.90 Å². The third kappa shape index (κ3) is 2.76. The average molecular weight is 260 g/mol. The van der Waals surface area contributed by atoms with E-state index in [-0.39, 0.29) is 5.69 Å². The number of nitrogens with one attached hydrogen (secondary N) is 1. The van der Waals surface area contributed by atoms with E-state index in [2.05, 4.69) is 20.0 Å². The molecule has 0 aliphatic carbocycles. The van der Waals surface area contributed by atoms with Crippen LogP contribution in [0.5, 0.6) is 0 Å². The quantitative estimate of drug-likeness (QED) is 0.356. The van der Waals surface area contributed by atoms with Gasteiger partial charge in [-0.3, -0.25) is 4.52 Å². The maximum Gasteiger partial charge on any atom is 0.436 e. The Bertz CT molecular complexity index is 679. The van der Waals surface area contributed by atoms with E-state index >= 15 is 0 Å². The Morgan fingerprint density at radius 3 is 2.58 bits per heavy atom. The maximum absolute atomic E-state index is 11.9. The molecule has 0 fully saturated rings. The first-order valence-corrected chi connectivity index (χ1v) is 5.55. The lowest BCUT2D eigenvalue weighted by atomic mass is 10.3. The summed E-state index contributed by atoms with van der Waals surface area (Å²) in [6.45, 7) is 3.39. The van der Waals surface area contributed by atoms with Crippen molar-refractivity contribution in [1.29, 1.82) is 0 Å². The molecule has 0 bridgehead atoms. The first kappa shape index (κ1) is 12.7. The highest BCUT2D eigenvalue weighted by Crippen LogP contribution is 1.97. The minimum absolute atomic E-state index is 0.226. The first-order chi connectivity index (χ1) is 9.09. The van der Waals surface area contributed by atoms with E-state index in [4.69, 9.17) is 0 Å². The third-order valence-electron chi connectivity index (χ3n) is 2.20. The van der Waals surface area contributed by atoms with Gasteiger partial charge in [-0.05, 0) is 23.8 Å². The SMILES string of the molecule is CC(C)=N/N=C(\[O-])c1c(=O)o[nH][n+]1-c1ccccc1. The van der Waals surface area contributed by atoms with Gasteiger partial charge in [-0.1, -0.05) is 18.2 Å². The largest absolute Gasteiger partial charge is 0.852 e. The molecular formula is C12H12N4O3. The van der Waals surface area contributed by atoms with Crippen molar-refractivity contribution in [3.05, 3.63) is 46.4 Å². The van der Waals surface area contributed by atoms with Crippen molar-refractivity contribution < 1.29 is 14.3 Å². The molecule has 2 rings (SSSR count). The van der Waals surface area contributed by atoms with Crippen LogP contribution in [0, 0.1) is 0 Å². The molecule has 0 atom stereocenters. The van der Waals surface area contributed by atoms with Gasteiger partial charge in [0.25, 0.3) is 0 Å². The van der Waals surface area contributed by atoms with Crippen LogP contribution in [0.3, 0.4) is 0 Å². The Kier molecular flexibility index (Phi) is 3.56. The van der Waals surface area contributed by atoms with Gasteiger partial charge < -0.3 is 5.11 Å². The number of hydrogen-bond donors (Lipinski definition) is 1.